The summed E-state index contributed by atoms with van der Waals surface area (Å²) in [5, 5.41) is 8.79. The number of rotatable bonds is 5. The summed E-state index contributed by atoms with van der Waals surface area (Å²) >= 11 is 0. The van der Waals surface area contributed by atoms with E-state index < -0.39 is 12.1 Å². The van der Waals surface area contributed by atoms with Crippen molar-refractivity contribution in [3.8, 4) is 0 Å². The summed E-state index contributed by atoms with van der Waals surface area (Å²) in [6.45, 7) is 6.07. The fourth-order valence-electron chi connectivity index (χ4n) is 1.10. The number of hydrogen-bond acceptors (Lipinski definition) is 4. The summed E-state index contributed by atoms with van der Waals surface area (Å²) in [6, 6.07) is 1.49. The number of aromatic nitrogens is 2. The second kappa shape index (κ2) is 6.03. The first-order valence-corrected chi connectivity index (χ1v) is 5.48. The highest BCUT2D eigenvalue weighted by Crippen LogP contribution is 2.00. The van der Waals surface area contributed by atoms with Crippen LogP contribution >= 0.6 is 0 Å². The van der Waals surface area contributed by atoms with Gasteiger partial charge in [-0.25, -0.2) is 4.79 Å². The summed E-state index contributed by atoms with van der Waals surface area (Å²) in [5.74, 6) is -0.532. The first kappa shape index (κ1) is 13.2. The third-order valence-corrected chi connectivity index (χ3v) is 2.06. The predicted molar refractivity (Wildman–Crippen MR) is 61.3 cm³/mol. The zero-order valence-corrected chi connectivity index (χ0v) is 10.2. The van der Waals surface area contributed by atoms with E-state index >= 15 is 0 Å². The Hall–Kier alpha value is -1.85. The van der Waals surface area contributed by atoms with E-state index in [-0.39, 0.29) is 11.6 Å². The van der Waals surface area contributed by atoms with Crippen molar-refractivity contribution in [3.05, 3.63) is 18.0 Å². The third kappa shape index (κ3) is 4.26. The van der Waals surface area contributed by atoms with Crippen molar-refractivity contribution in [3.63, 3.8) is 0 Å². The summed E-state index contributed by atoms with van der Waals surface area (Å²) in [5.41, 5.74) is 0.230. The maximum Gasteiger partial charge on any atom is 0.357 e. The zero-order chi connectivity index (χ0) is 12.8. The highest BCUT2D eigenvalue weighted by Gasteiger charge is 2.19. The lowest BCUT2D eigenvalue weighted by molar-refractivity contribution is -0.129. The first-order chi connectivity index (χ1) is 8.00. The number of amides is 1. The van der Waals surface area contributed by atoms with Crippen LogP contribution < -0.4 is 5.32 Å². The topological polar surface area (TPSA) is 84.1 Å². The normalized spacial score (nSPS) is 12.2. The van der Waals surface area contributed by atoms with Crippen molar-refractivity contribution >= 4 is 11.9 Å². The molecule has 0 aliphatic heterocycles. The molecule has 1 amide bonds. The Morgan fingerprint density at radius 2 is 2.18 bits per heavy atom. The van der Waals surface area contributed by atoms with Gasteiger partial charge in [0.1, 0.15) is 5.69 Å². The van der Waals surface area contributed by atoms with Crippen LogP contribution in [-0.4, -0.2) is 34.7 Å². The van der Waals surface area contributed by atoms with E-state index in [0.717, 1.165) is 0 Å². The molecule has 0 aliphatic carbocycles. The second-order valence-electron chi connectivity index (χ2n) is 4.16. The largest absolute Gasteiger partial charge is 0.448 e. The molecule has 1 rings (SSSR count). The zero-order valence-electron chi connectivity index (χ0n) is 10.2. The molecule has 0 aromatic carbocycles. The molecule has 1 aromatic heterocycles. The number of hydrogen-bond donors (Lipinski definition) is 2. The van der Waals surface area contributed by atoms with E-state index in [9.17, 15) is 9.59 Å². The maximum atomic E-state index is 11.5. The van der Waals surface area contributed by atoms with Crippen LogP contribution in [-0.2, 0) is 9.53 Å². The molecule has 1 aromatic rings. The highest BCUT2D eigenvalue weighted by atomic mass is 16.5. The monoisotopic (exact) mass is 239 g/mol. The van der Waals surface area contributed by atoms with Crippen molar-refractivity contribution < 1.29 is 14.3 Å². The van der Waals surface area contributed by atoms with E-state index in [1.165, 1.54) is 19.2 Å². The summed E-state index contributed by atoms with van der Waals surface area (Å²) in [6.07, 6.45) is 0.629. The SMILES string of the molecule is CC(C)CNC(=O)C(C)OC(=O)c1ccn[nH]1. The number of H-pyrrole nitrogens is 1. The number of nitrogens with one attached hydrogen (secondary N) is 2. The summed E-state index contributed by atoms with van der Waals surface area (Å²) in [7, 11) is 0. The average molecular weight is 239 g/mol. The molecule has 1 unspecified atom stereocenters. The number of aromatic amines is 1. The van der Waals surface area contributed by atoms with Crippen molar-refractivity contribution in [1.29, 1.82) is 0 Å². The number of nitrogens with zero attached hydrogens (tertiary/aromatic N) is 1. The molecule has 94 valence electrons. The molecule has 0 aliphatic rings. The van der Waals surface area contributed by atoms with Gasteiger partial charge in [-0.05, 0) is 18.9 Å². The fraction of sp³-hybridized carbons (Fsp3) is 0.545. The lowest BCUT2D eigenvalue weighted by atomic mass is 10.2. The van der Waals surface area contributed by atoms with E-state index in [2.05, 4.69) is 15.5 Å². The van der Waals surface area contributed by atoms with Crippen molar-refractivity contribution in [2.75, 3.05) is 6.54 Å². The Labute approximate surface area is 99.7 Å². The van der Waals surface area contributed by atoms with Gasteiger partial charge in [-0.3, -0.25) is 9.89 Å². The van der Waals surface area contributed by atoms with Gasteiger partial charge in [0.25, 0.3) is 5.91 Å². The van der Waals surface area contributed by atoms with Gasteiger partial charge in [-0.2, -0.15) is 5.10 Å². The van der Waals surface area contributed by atoms with Gasteiger partial charge in [0.2, 0.25) is 0 Å². The molecular formula is C11H17N3O3. The minimum Gasteiger partial charge on any atom is -0.448 e. The average Bonchev–Trinajstić information content (AvgIpc) is 2.78. The molecule has 0 radical (unpaired) electrons. The molecule has 17 heavy (non-hydrogen) atoms. The number of esters is 1. The number of carbonyl (C=O) groups is 2. The Bertz CT molecular complexity index is 373. The van der Waals surface area contributed by atoms with Crippen molar-refractivity contribution in [2.24, 2.45) is 5.92 Å². The van der Waals surface area contributed by atoms with Gasteiger partial charge in [0, 0.05) is 12.7 Å². The minimum atomic E-state index is -0.815. The van der Waals surface area contributed by atoms with Crippen LogP contribution in [0.3, 0.4) is 0 Å². The Kier molecular flexibility index (Phi) is 4.68. The highest BCUT2D eigenvalue weighted by molar-refractivity contribution is 5.90. The number of ether oxygens (including phenoxy) is 1. The predicted octanol–water partition coefficient (Wildman–Crippen LogP) is 0.727. The molecule has 0 spiro atoms. The van der Waals surface area contributed by atoms with Gasteiger partial charge < -0.3 is 10.1 Å². The minimum absolute atomic E-state index is 0.230. The third-order valence-electron chi connectivity index (χ3n) is 2.06. The van der Waals surface area contributed by atoms with Gasteiger partial charge in [0.05, 0.1) is 0 Å². The lowest BCUT2D eigenvalue weighted by Gasteiger charge is -2.13. The first-order valence-electron chi connectivity index (χ1n) is 5.48. The molecule has 6 heteroatoms. The van der Waals surface area contributed by atoms with Crippen LogP contribution in [0.4, 0.5) is 0 Å². The molecular weight excluding hydrogens is 222 g/mol. The van der Waals surface area contributed by atoms with Gasteiger partial charge in [-0.15, -0.1) is 0 Å². The van der Waals surface area contributed by atoms with Gasteiger partial charge in [-0.1, -0.05) is 13.8 Å². The lowest BCUT2D eigenvalue weighted by Crippen LogP contribution is -2.37. The molecule has 6 nitrogen and oxygen atoms in total. The molecule has 0 bridgehead atoms. The van der Waals surface area contributed by atoms with Crippen molar-refractivity contribution in [2.45, 2.75) is 26.9 Å². The number of carbonyl (C=O) groups excluding carboxylic acids is 2. The summed E-state index contributed by atoms with van der Waals surface area (Å²) in [4.78, 5) is 23.0. The Morgan fingerprint density at radius 3 is 2.71 bits per heavy atom. The van der Waals surface area contributed by atoms with Crippen LogP contribution in [0.15, 0.2) is 12.3 Å². The molecule has 0 saturated carbocycles. The summed E-state index contributed by atoms with van der Waals surface area (Å²) < 4.78 is 4.97. The van der Waals surface area contributed by atoms with E-state index in [1.54, 1.807) is 0 Å². The van der Waals surface area contributed by atoms with Crippen LogP contribution in [0.2, 0.25) is 0 Å². The van der Waals surface area contributed by atoms with Gasteiger partial charge in [0.15, 0.2) is 6.10 Å². The van der Waals surface area contributed by atoms with Crippen LogP contribution in [0.5, 0.6) is 0 Å². The fourth-order valence-corrected chi connectivity index (χ4v) is 1.10. The molecule has 0 fully saturated rings. The molecule has 0 saturated heterocycles. The molecule has 2 N–H and O–H groups in total. The van der Waals surface area contributed by atoms with Crippen molar-refractivity contribution in [1.82, 2.24) is 15.5 Å². The van der Waals surface area contributed by atoms with E-state index in [0.29, 0.717) is 12.5 Å². The molecule has 1 atom stereocenters. The quantitative estimate of drug-likeness (QED) is 0.742. The van der Waals surface area contributed by atoms with Crippen LogP contribution in [0.25, 0.3) is 0 Å². The van der Waals surface area contributed by atoms with E-state index in [1.807, 2.05) is 13.8 Å². The molecule has 1 heterocycles. The smallest absolute Gasteiger partial charge is 0.357 e. The maximum absolute atomic E-state index is 11.5. The van der Waals surface area contributed by atoms with E-state index in [4.69, 9.17) is 4.74 Å². The Morgan fingerprint density at radius 1 is 1.47 bits per heavy atom. The second-order valence-corrected chi connectivity index (χ2v) is 4.16. The Balaban J connectivity index is 2.41. The van der Waals surface area contributed by atoms with Crippen LogP contribution in [0.1, 0.15) is 31.3 Å². The standard InChI is InChI=1S/C11H17N3O3/c1-7(2)6-12-10(15)8(3)17-11(16)9-4-5-13-14-9/h4-5,7-8H,6H2,1-3H3,(H,12,15)(H,13,14). The van der Waals surface area contributed by atoms with Gasteiger partial charge >= 0.3 is 5.97 Å². The van der Waals surface area contributed by atoms with Crippen LogP contribution in [0, 0.1) is 5.92 Å².